The first-order valence-corrected chi connectivity index (χ1v) is 9.19. The van der Waals surface area contributed by atoms with Gasteiger partial charge in [-0.1, -0.05) is 18.2 Å². The zero-order valence-electron chi connectivity index (χ0n) is 11.4. The highest BCUT2D eigenvalue weighted by atomic mass is 32.2. The predicted molar refractivity (Wildman–Crippen MR) is 80.9 cm³/mol. The van der Waals surface area contributed by atoms with Gasteiger partial charge < -0.3 is 4.42 Å². The van der Waals surface area contributed by atoms with E-state index in [4.69, 9.17) is 9.56 Å². The fourth-order valence-corrected chi connectivity index (χ4v) is 3.96. The van der Waals surface area contributed by atoms with Crippen LogP contribution in [0.3, 0.4) is 0 Å². The quantitative estimate of drug-likeness (QED) is 0.728. The second-order valence-corrected chi connectivity index (χ2v) is 7.97. The van der Waals surface area contributed by atoms with Gasteiger partial charge in [-0.2, -0.15) is 3.97 Å². The maximum Gasteiger partial charge on any atom is 0.434 e. The number of sulfonamides is 1. The third-order valence-electron chi connectivity index (χ3n) is 3.12. The first-order chi connectivity index (χ1) is 10.7. The van der Waals surface area contributed by atoms with Gasteiger partial charge in [0.05, 0.1) is 9.79 Å². The second-order valence-electron chi connectivity index (χ2n) is 4.63. The summed E-state index contributed by atoms with van der Waals surface area (Å²) in [6.45, 7) is 0. The van der Waals surface area contributed by atoms with Crippen LogP contribution in [0.5, 0.6) is 0 Å². The number of aromatic nitrogens is 1. The van der Waals surface area contributed by atoms with E-state index in [1.807, 2.05) is 0 Å². The minimum Gasteiger partial charge on any atom is -0.407 e. The van der Waals surface area contributed by atoms with E-state index in [2.05, 4.69) is 0 Å². The van der Waals surface area contributed by atoms with Gasteiger partial charge in [0.1, 0.15) is 5.52 Å². The average molecular weight is 354 g/mol. The van der Waals surface area contributed by atoms with Crippen molar-refractivity contribution in [2.75, 3.05) is 0 Å². The van der Waals surface area contributed by atoms with E-state index in [9.17, 15) is 21.6 Å². The van der Waals surface area contributed by atoms with Crippen molar-refractivity contribution in [3.63, 3.8) is 0 Å². The summed E-state index contributed by atoms with van der Waals surface area (Å²) in [4.78, 5) is 11.6. The normalized spacial score (nSPS) is 12.6. The van der Waals surface area contributed by atoms with Gasteiger partial charge in [0.15, 0.2) is 5.58 Å². The molecule has 2 N–H and O–H groups in total. The summed E-state index contributed by atoms with van der Waals surface area (Å²) in [5.41, 5.74) is -0.271. The van der Waals surface area contributed by atoms with E-state index in [-0.39, 0.29) is 20.9 Å². The molecule has 8 nitrogen and oxygen atoms in total. The minimum atomic E-state index is -4.17. The van der Waals surface area contributed by atoms with Gasteiger partial charge in [0, 0.05) is 6.07 Å². The van der Waals surface area contributed by atoms with Gasteiger partial charge in [0.25, 0.3) is 10.0 Å². The van der Waals surface area contributed by atoms with Crippen LogP contribution in [0.1, 0.15) is 0 Å². The molecule has 0 fully saturated rings. The Labute approximate surface area is 130 Å². The Kier molecular flexibility index (Phi) is 3.39. The number of nitrogens with two attached hydrogens (primary N) is 1. The lowest BCUT2D eigenvalue weighted by Gasteiger charge is -2.04. The van der Waals surface area contributed by atoms with Crippen LogP contribution in [0.2, 0.25) is 0 Å². The van der Waals surface area contributed by atoms with Crippen molar-refractivity contribution >= 4 is 31.1 Å². The van der Waals surface area contributed by atoms with Crippen LogP contribution in [0.4, 0.5) is 0 Å². The van der Waals surface area contributed by atoms with E-state index in [1.165, 1.54) is 24.3 Å². The summed E-state index contributed by atoms with van der Waals surface area (Å²) < 4.78 is 53.1. The van der Waals surface area contributed by atoms with Crippen LogP contribution in [0, 0.1) is 0 Å². The number of hydrogen-bond acceptors (Lipinski definition) is 6. The summed E-state index contributed by atoms with van der Waals surface area (Å²) in [5.74, 6) is -1.14. The number of hydrogen-bond donors (Lipinski definition) is 1. The van der Waals surface area contributed by atoms with E-state index >= 15 is 0 Å². The number of rotatable bonds is 3. The lowest BCUT2D eigenvalue weighted by atomic mass is 10.3. The van der Waals surface area contributed by atoms with Crippen LogP contribution in [-0.2, 0) is 20.0 Å². The lowest BCUT2D eigenvalue weighted by Crippen LogP contribution is -2.23. The zero-order valence-corrected chi connectivity index (χ0v) is 13.0. The zero-order chi connectivity index (χ0) is 16.8. The van der Waals surface area contributed by atoms with E-state index in [0.717, 1.165) is 18.2 Å². The van der Waals surface area contributed by atoms with Gasteiger partial charge in [-0.25, -0.2) is 26.8 Å². The molecule has 0 bridgehead atoms. The molecule has 0 aliphatic heterocycles. The van der Waals surface area contributed by atoms with Crippen molar-refractivity contribution < 1.29 is 21.3 Å². The van der Waals surface area contributed by atoms with Gasteiger partial charge in [0.2, 0.25) is 10.0 Å². The SMILES string of the molecule is NS(=O)(=O)c1ccc2c(c1)oc(=O)n2S(=O)(=O)c1ccccc1. The highest BCUT2D eigenvalue weighted by Gasteiger charge is 2.24. The molecule has 0 atom stereocenters. The summed E-state index contributed by atoms with van der Waals surface area (Å²) in [7, 11) is -8.18. The molecule has 2 aromatic carbocycles. The number of fused-ring (bicyclic) bond motifs is 1. The Hall–Kier alpha value is -2.43. The number of primary sulfonamides is 1. The number of benzene rings is 2. The van der Waals surface area contributed by atoms with Gasteiger partial charge >= 0.3 is 5.76 Å². The summed E-state index contributed by atoms with van der Waals surface area (Å²) in [5, 5.41) is 5.00. The molecule has 120 valence electrons. The summed E-state index contributed by atoms with van der Waals surface area (Å²) in [6.07, 6.45) is 0. The molecule has 0 saturated carbocycles. The average Bonchev–Trinajstić information content (AvgIpc) is 2.82. The molecule has 3 aromatic rings. The van der Waals surface area contributed by atoms with Gasteiger partial charge in [-0.05, 0) is 24.3 Å². The fraction of sp³-hybridized carbons (Fsp3) is 0. The van der Waals surface area contributed by atoms with Crippen molar-refractivity contribution in [3.8, 4) is 0 Å². The molecule has 0 aliphatic carbocycles. The molecule has 1 aromatic heterocycles. The number of oxazole rings is 1. The van der Waals surface area contributed by atoms with Crippen molar-refractivity contribution in [1.29, 1.82) is 0 Å². The maximum atomic E-state index is 12.6. The Bertz CT molecular complexity index is 1160. The van der Waals surface area contributed by atoms with E-state index in [1.54, 1.807) is 6.07 Å². The molecule has 0 aliphatic rings. The molecule has 1 heterocycles. The third-order valence-corrected chi connectivity index (χ3v) is 5.73. The second kappa shape index (κ2) is 5.05. The van der Waals surface area contributed by atoms with Crippen molar-refractivity contribution in [2.24, 2.45) is 5.14 Å². The van der Waals surface area contributed by atoms with Crippen LogP contribution in [-0.4, -0.2) is 20.8 Å². The Balaban J connectivity index is 2.32. The molecule has 3 rings (SSSR count). The molecule has 10 heteroatoms. The third kappa shape index (κ3) is 2.56. The molecule has 0 unspecified atom stereocenters. The van der Waals surface area contributed by atoms with Crippen LogP contribution in [0.25, 0.3) is 11.1 Å². The summed E-state index contributed by atoms with van der Waals surface area (Å²) in [6, 6.07) is 10.6. The topological polar surface area (TPSA) is 129 Å². The molecule has 0 amide bonds. The highest BCUT2D eigenvalue weighted by Crippen LogP contribution is 2.21. The van der Waals surface area contributed by atoms with E-state index < -0.39 is 25.8 Å². The standard InChI is InChI=1S/C13H10N2O6S2/c14-22(17,18)10-6-7-11-12(8-10)21-13(16)15(11)23(19,20)9-4-2-1-3-5-9/h1-8H,(H2,14,17,18). The predicted octanol–water partition coefficient (Wildman–Crippen LogP) is 0.479. The van der Waals surface area contributed by atoms with Crippen LogP contribution < -0.4 is 10.9 Å². The Morgan fingerprint density at radius 2 is 1.57 bits per heavy atom. The number of nitrogens with zero attached hydrogens (tertiary/aromatic N) is 1. The minimum absolute atomic E-state index is 0.0775. The lowest BCUT2D eigenvalue weighted by molar-refractivity contribution is 0.533. The first kappa shape index (κ1) is 15.5. The Morgan fingerprint density at radius 1 is 0.913 bits per heavy atom. The molecule has 0 radical (unpaired) electrons. The highest BCUT2D eigenvalue weighted by molar-refractivity contribution is 7.90. The largest absolute Gasteiger partial charge is 0.434 e. The van der Waals surface area contributed by atoms with Gasteiger partial charge in [-0.15, -0.1) is 0 Å². The van der Waals surface area contributed by atoms with Crippen molar-refractivity contribution in [2.45, 2.75) is 9.79 Å². The molecular weight excluding hydrogens is 344 g/mol. The molecule has 0 spiro atoms. The van der Waals surface area contributed by atoms with Crippen molar-refractivity contribution in [1.82, 2.24) is 3.97 Å². The smallest absolute Gasteiger partial charge is 0.407 e. The maximum absolute atomic E-state index is 12.6. The van der Waals surface area contributed by atoms with E-state index in [0.29, 0.717) is 3.97 Å². The monoisotopic (exact) mass is 354 g/mol. The van der Waals surface area contributed by atoms with Crippen LogP contribution in [0.15, 0.2) is 67.5 Å². The summed E-state index contributed by atoms with van der Waals surface area (Å²) >= 11 is 0. The fourth-order valence-electron chi connectivity index (χ4n) is 2.08. The van der Waals surface area contributed by atoms with Crippen molar-refractivity contribution in [3.05, 3.63) is 59.1 Å². The van der Waals surface area contributed by atoms with Crippen LogP contribution >= 0.6 is 0 Å². The molecule has 23 heavy (non-hydrogen) atoms. The molecule has 0 saturated heterocycles. The first-order valence-electron chi connectivity index (χ1n) is 6.20. The molecular formula is C13H10N2O6S2. The Morgan fingerprint density at radius 3 is 2.17 bits per heavy atom. The van der Waals surface area contributed by atoms with Gasteiger partial charge in [-0.3, -0.25) is 0 Å².